The van der Waals surface area contributed by atoms with E-state index in [0.717, 1.165) is 28.4 Å². The van der Waals surface area contributed by atoms with E-state index >= 15 is 0 Å². The molecule has 0 N–H and O–H groups in total. The second kappa shape index (κ2) is 7.87. The van der Waals surface area contributed by atoms with Gasteiger partial charge >= 0.3 is 0 Å². The van der Waals surface area contributed by atoms with Crippen molar-refractivity contribution in [1.29, 1.82) is 0 Å². The summed E-state index contributed by atoms with van der Waals surface area (Å²) in [6.07, 6.45) is 6.43. The van der Waals surface area contributed by atoms with E-state index in [2.05, 4.69) is 35.0 Å². The van der Waals surface area contributed by atoms with Crippen LogP contribution in [-0.2, 0) is 0 Å². The van der Waals surface area contributed by atoms with Gasteiger partial charge in [-0.05, 0) is 67.4 Å². The second-order valence-electron chi connectivity index (χ2n) is 7.13. The molecule has 1 aliphatic carbocycles. The molecule has 0 aliphatic heterocycles. The summed E-state index contributed by atoms with van der Waals surface area (Å²) in [6, 6.07) is 18.5. The first kappa shape index (κ1) is 17.7. The first-order valence-corrected chi connectivity index (χ1v) is 9.67. The normalized spacial score (nSPS) is 14.9. The lowest BCUT2D eigenvalue weighted by Gasteiger charge is -2.19. The number of hydrogen-bond acceptors (Lipinski definition) is 3. The predicted molar refractivity (Wildman–Crippen MR) is 108 cm³/mol. The van der Waals surface area contributed by atoms with Gasteiger partial charge in [-0.15, -0.1) is 0 Å². The molecule has 0 bridgehead atoms. The van der Waals surface area contributed by atoms with Crippen molar-refractivity contribution >= 4 is 0 Å². The topological polar surface area (TPSA) is 36.3 Å². The van der Waals surface area contributed by atoms with Crippen LogP contribution in [0, 0.1) is 0 Å². The third kappa shape index (κ3) is 3.70. The van der Waals surface area contributed by atoms with Gasteiger partial charge in [0.25, 0.3) is 0 Å². The van der Waals surface area contributed by atoms with Gasteiger partial charge in [0.15, 0.2) is 0 Å². The smallest absolute Gasteiger partial charge is 0.119 e. The van der Waals surface area contributed by atoms with E-state index in [0.29, 0.717) is 5.92 Å². The maximum Gasteiger partial charge on any atom is 0.119 e. The van der Waals surface area contributed by atoms with E-state index in [1.807, 2.05) is 24.3 Å². The molecule has 4 rings (SSSR count). The average molecular weight is 362 g/mol. The van der Waals surface area contributed by atoms with E-state index in [-0.39, 0.29) is 0 Å². The molecule has 0 saturated heterocycles. The molecule has 27 heavy (non-hydrogen) atoms. The van der Waals surface area contributed by atoms with E-state index < -0.39 is 0 Å². The summed E-state index contributed by atoms with van der Waals surface area (Å²) in [4.78, 5) is 0. The van der Waals surface area contributed by atoms with E-state index in [1.54, 1.807) is 14.2 Å². The Hall–Kier alpha value is -2.75. The first-order chi connectivity index (χ1) is 13.3. The number of ether oxygens (including phenoxy) is 2. The molecule has 1 heterocycles. The lowest BCUT2D eigenvalue weighted by atomic mass is 9.87. The van der Waals surface area contributed by atoms with Gasteiger partial charge in [0, 0.05) is 11.5 Å². The molecule has 1 saturated carbocycles. The van der Waals surface area contributed by atoms with Crippen molar-refractivity contribution in [2.24, 2.45) is 0 Å². The Morgan fingerprint density at radius 1 is 0.815 bits per heavy atom. The Labute approximate surface area is 160 Å². The molecule has 1 aliphatic rings. The van der Waals surface area contributed by atoms with Crippen molar-refractivity contribution < 1.29 is 9.47 Å². The van der Waals surface area contributed by atoms with E-state index in [4.69, 9.17) is 14.6 Å². The van der Waals surface area contributed by atoms with Crippen molar-refractivity contribution in [3.05, 3.63) is 60.3 Å². The molecule has 3 aromatic rings. The summed E-state index contributed by atoms with van der Waals surface area (Å²) >= 11 is 0. The number of benzene rings is 2. The molecule has 0 spiro atoms. The number of aromatic nitrogens is 2. The summed E-state index contributed by atoms with van der Waals surface area (Å²) in [7, 11) is 3.38. The highest BCUT2D eigenvalue weighted by Gasteiger charge is 2.21. The Balaban J connectivity index is 1.77. The Kier molecular flexibility index (Phi) is 5.14. The average Bonchev–Trinajstić information content (AvgIpc) is 3.20. The van der Waals surface area contributed by atoms with Gasteiger partial charge in [-0.25, -0.2) is 4.68 Å². The maximum absolute atomic E-state index is 5.31. The minimum atomic E-state index is 0.565. The van der Waals surface area contributed by atoms with Crippen molar-refractivity contribution in [2.75, 3.05) is 14.2 Å². The van der Waals surface area contributed by atoms with E-state index in [1.165, 1.54) is 37.8 Å². The van der Waals surface area contributed by atoms with Gasteiger partial charge in [0.05, 0.1) is 31.3 Å². The highest BCUT2D eigenvalue weighted by atomic mass is 16.5. The second-order valence-corrected chi connectivity index (χ2v) is 7.13. The Morgan fingerprint density at radius 2 is 1.41 bits per heavy atom. The molecule has 2 aromatic carbocycles. The zero-order valence-corrected chi connectivity index (χ0v) is 16.0. The van der Waals surface area contributed by atoms with Crippen LogP contribution in [0.1, 0.15) is 43.7 Å². The fraction of sp³-hybridized carbons (Fsp3) is 0.348. The molecule has 1 aromatic heterocycles. The van der Waals surface area contributed by atoms with Crippen molar-refractivity contribution in [3.63, 3.8) is 0 Å². The Morgan fingerprint density at radius 3 is 2.00 bits per heavy atom. The van der Waals surface area contributed by atoms with E-state index in [9.17, 15) is 0 Å². The zero-order valence-electron chi connectivity index (χ0n) is 16.0. The molecule has 0 atom stereocenters. The quantitative estimate of drug-likeness (QED) is 0.592. The monoisotopic (exact) mass is 362 g/mol. The highest BCUT2D eigenvalue weighted by molar-refractivity contribution is 5.64. The Bertz CT molecular complexity index is 811. The summed E-state index contributed by atoms with van der Waals surface area (Å²) in [6.45, 7) is 0. The summed E-state index contributed by atoms with van der Waals surface area (Å²) < 4.78 is 12.7. The molecular formula is C23H26N2O2. The predicted octanol–water partition coefficient (Wildman–Crippen LogP) is 5.60. The van der Waals surface area contributed by atoms with Crippen LogP contribution in [0.3, 0.4) is 0 Å². The van der Waals surface area contributed by atoms with Crippen LogP contribution in [0.5, 0.6) is 11.5 Å². The summed E-state index contributed by atoms with van der Waals surface area (Å²) in [5, 5.41) is 5.02. The molecule has 140 valence electrons. The molecule has 4 nitrogen and oxygen atoms in total. The minimum Gasteiger partial charge on any atom is -0.497 e. The van der Waals surface area contributed by atoms with Crippen molar-refractivity contribution in [3.8, 4) is 28.4 Å². The fourth-order valence-electron chi connectivity index (χ4n) is 3.88. The molecule has 0 radical (unpaired) electrons. The van der Waals surface area contributed by atoms with Crippen LogP contribution in [0.15, 0.2) is 54.6 Å². The van der Waals surface area contributed by atoms with Crippen LogP contribution < -0.4 is 9.47 Å². The van der Waals surface area contributed by atoms with Crippen LogP contribution >= 0.6 is 0 Å². The van der Waals surface area contributed by atoms with Gasteiger partial charge < -0.3 is 9.47 Å². The van der Waals surface area contributed by atoms with Crippen LogP contribution in [-0.4, -0.2) is 24.0 Å². The first-order valence-electron chi connectivity index (χ1n) is 9.67. The van der Waals surface area contributed by atoms with Crippen molar-refractivity contribution in [2.45, 2.75) is 38.0 Å². The van der Waals surface area contributed by atoms with Crippen LogP contribution in [0.25, 0.3) is 16.9 Å². The van der Waals surface area contributed by atoms with Gasteiger partial charge in [-0.2, -0.15) is 5.10 Å². The lowest BCUT2D eigenvalue weighted by molar-refractivity contribution is 0.414. The fourth-order valence-corrected chi connectivity index (χ4v) is 3.88. The standard InChI is InChI=1S/C23H26N2O2/c1-26-20-12-8-18(9-13-20)23-16-22(17-6-4-3-5-7-17)24-25(23)19-10-14-21(27-2)15-11-19/h8-17H,3-7H2,1-2H3. The largest absolute Gasteiger partial charge is 0.497 e. The minimum absolute atomic E-state index is 0.565. The number of methoxy groups -OCH3 is 2. The van der Waals surface area contributed by atoms with Gasteiger partial charge in [0.1, 0.15) is 11.5 Å². The van der Waals surface area contributed by atoms with Crippen LogP contribution in [0.2, 0.25) is 0 Å². The molecule has 4 heteroatoms. The van der Waals surface area contributed by atoms with Crippen molar-refractivity contribution in [1.82, 2.24) is 9.78 Å². The third-order valence-corrected chi connectivity index (χ3v) is 5.45. The number of hydrogen-bond donors (Lipinski definition) is 0. The highest BCUT2D eigenvalue weighted by Crippen LogP contribution is 2.35. The molecule has 1 fully saturated rings. The third-order valence-electron chi connectivity index (χ3n) is 5.45. The number of nitrogens with zero attached hydrogens (tertiary/aromatic N) is 2. The SMILES string of the molecule is COc1ccc(-c2cc(C3CCCCC3)nn2-c2ccc(OC)cc2)cc1. The number of rotatable bonds is 5. The molecule has 0 amide bonds. The van der Waals surface area contributed by atoms with Crippen LogP contribution in [0.4, 0.5) is 0 Å². The zero-order chi connectivity index (χ0) is 18.6. The van der Waals surface area contributed by atoms with Gasteiger partial charge in [-0.3, -0.25) is 0 Å². The molecular weight excluding hydrogens is 336 g/mol. The summed E-state index contributed by atoms with van der Waals surface area (Å²) in [5.41, 5.74) is 4.50. The van der Waals surface area contributed by atoms with Gasteiger partial charge in [0.2, 0.25) is 0 Å². The molecule has 0 unspecified atom stereocenters. The summed E-state index contributed by atoms with van der Waals surface area (Å²) in [5.74, 6) is 2.28. The lowest BCUT2D eigenvalue weighted by Crippen LogP contribution is -2.06. The van der Waals surface area contributed by atoms with Gasteiger partial charge in [-0.1, -0.05) is 19.3 Å². The maximum atomic E-state index is 5.31.